The number of thiazole rings is 1. The Morgan fingerprint density at radius 1 is 1.36 bits per heavy atom. The topological polar surface area (TPSA) is 100 Å². The summed E-state index contributed by atoms with van der Waals surface area (Å²) in [5, 5.41) is 5.40. The first-order chi connectivity index (χ1) is 12.1. The Hall–Kier alpha value is -2.26. The van der Waals surface area contributed by atoms with Gasteiger partial charge in [0.2, 0.25) is 11.9 Å². The lowest BCUT2D eigenvalue weighted by Gasteiger charge is -2.38. The van der Waals surface area contributed by atoms with Crippen molar-refractivity contribution in [1.29, 1.82) is 0 Å². The van der Waals surface area contributed by atoms with E-state index in [1.54, 1.807) is 6.20 Å². The molecule has 3 N–H and O–H groups in total. The molecule has 1 amide bonds. The fourth-order valence-electron chi connectivity index (χ4n) is 3.08. The monoisotopic (exact) mass is 361 g/mol. The molecule has 134 valence electrons. The highest BCUT2D eigenvalue weighted by Crippen LogP contribution is 2.19. The summed E-state index contributed by atoms with van der Waals surface area (Å²) >= 11 is 1.43. The lowest BCUT2D eigenvalue weighted by Crippen LogP contribution is -2.53. The lowest BCUT2D eigenvalue weighted by atomic mass is 10.1. The van der Waals surface area contributed by atoms with Crippen LogP contribution < -0.4 is 16.0 Å². The molecule has 0 radical (unpaired) electrons. The van der Waals surface area contributed by atoms with E-state index in [0.717, 1.165) is 44.1 Å². The second-order valence-corrected chi connectivity index (χ2v) is 6.89. The Kier molecular flexibility index (Phi) is 5.44. The van der Waals surface area contributed by atoms with Crippen molar-refractivity contribution in [3.05, 3.63) is 23.3 Å². The zero-order valence-corrected chi connectivity index (χ0v) is 15.3. The molecule has 8 nitrogen and oxygen atoms in total. The van der Waals surface area contributed by atoms with E-state index in [4.69, 9.17) is 5.73 Å². The quantitative estimate of drug-likeness (QED) is 0.829. The number of hydrogen-bond donors (Lipinski definition) is 2. The third-order valence-electron chi connectivity index (χ3n) is 4.29. The maximum Gasteiger partial charge on any atom is 0.243 e. The number of aromatic nitrogens is 3. The van der Waals surface area contributed by atoms with Crippen LogP contribution in [0.1, 0.15) is 19.0 Å². The summed E-state index contributed by atoms with van der Waals surface area (Å²) in [6, 6.07) is 1.79. The van der Waals surface area contributed by atoms with E-state index >= 15 is 0 Å². The molecule has 9 heteroatoms. The smallest absolute Gasteiger partial charge is 0.243 e. The third kappa shape index (κ3) is 4.23. The SMILES string of the molecule is CC[C@H](C(=O)Nc1nccs1)N1CCN(c2cc(C)nc(N)n2)CC1. The van der Waals surface area contributed by atoms with E-state index in [0.29, 0.717) is 11.1 Å². The Morgan fingerprint density at radius 2 is 2.12 bits per heavy atom. The van der Waals surface area contributed by atoms with Crippen molar-refractivity contribution in [1.82, 2.24) is 19.9 Å². The Balaban J connectivity index is 1.61. The zero-order valence-electron chi connectivity index (χ0n) is 14.5. The molecule has 2 aromatic rings. The van der Waals surface area contributed by atoms with Crippen molar-refractivity contribution < 1.29 is 4.79 Å². The Labute approximate surface area is 151 Å². The minimum atomic E-state index is -0.150. The van der Waals surface area contributed by atoms with E-state index in [9.17, 15) is 4.79 Å². The number of nitrogen functional groups attached to an aromatic ring is 1. The van der Waals surface area contributed by atoms with Crippen LogP contribution in [0, 0.1) is 6.92 Å². The molecule has 1 atom stereocenters. The fourth-order valence-corrected chi connectivity index (χ4v) is 3.61. The van der Waals surface area contributed by atoms with Crippen LogP contribution in [0.15, 0.2) is 17.6 Å². The van der Waals surface area contributed by atoms with Crippen LogP contribution in [0.4, 0.5) is 16.9 Å². The van der Waals surface area contributed by atoms with Gasteiger partial charge in [-0.1, -0.05) is 6.92 Å². The van der Waals surface area contributed by atoms with E-state index in [-0.39, 0.29) is 11.9 Å². The van der Waals surface area contributed by atoms with Gasteiger partial charge in [0.25, 0.3) is 0 Å². The van der Waals surface area contributed by atoms with Crippen molar-refractivity contribution in [2.75, 3.05) is 42.1 Å². The van der Waals surface area contributed by atoms with Crippen molar-refractivity contribution in [2.45, 2.75) is 26.3 Å². The maximum atomic E-state index is 12.5. The zero-order chi connectivity index (χ0) is 17.8. The molecule has 0 spiro atoms. The van der Waals surface area contributed by atoms with Crippen LogP contribution in [0.2, 0.25) is 0 Å². The van der Waals surface area contributed by atoms with Gasteiger partial charge in [-0.05, 0) is 13.3 Å². The molecule has 0 bridgehead atoms. The van der Waals surface area contributed by atoms with E-state index < -0.39 is 0 Å². The minimum Gasteiger partial charge on any atom is -0.368 e. The van der Waals surface area contributed by atoms with Gasteiger partial charge in [0.1, 0.15) is 5.82 Å². The Bertz CT molecular complexity index is 693. The molecule has 1 aliphatic heterocycles. The summed E-state index contributed by atoms with van der Waals surface area (Å²) in [6.07, 6.45) is 2.45. The molecule has 0 saturated carbocycles. The number of nitrogens with zero attached hydrogens (tertiary/aromatic N) is 5. The van der Waals surface area contributed by atoms with Gasteiger partial charge >= 0.3 is 0 Å². The number of carbonyl (C=O) groups is 1. The number of rotatable bonds is 5. The summed E-state index contributed by atoms with van der Waals surface area (Å²) in [6.45, 7) is 7.15. The molecular weight excluding hydrogens is 338 g/mol. The van der Waals surface area contributed by atoms with E-state index in [1.165, 1.54) is 11.3 Å². The fraction of sp³-hybridized carbons (Fsp3) is 0.500. The number of nitrogens with two attached hydrogens (primary N) is 1. The van der Waals surface area contributed by atoms with Crippen molar-refractivity contribution in [3.8, 4) is 0 Å². The van der Waals surface area contributed by atoms with Crippen LogP contribution in [-0.4, -0.2) is 58.0 Å². The molecule has 0 aromatic carbocycles. The first-order valence-corrected chi connectivity index (χ1v) is 9.25. The van der Waals surface area contributed by atoms with Gasteiger partial charge in [-0.3, -0.25) is 9.69 Å². The summed E-state index contributed by atoms with van der Waals surface area (Å²) in [5.41, 5.74) is 6.61. The van der Waals surface area contributed by atoms with E-state index in [1.807, 2.05) is 25.3 Å². The molecule has 3 rings (SSSR count). The summed E-state index contributed by atoms with van der Waals surface area (Å²) < 4.78 is 0. The largest absolute Gasteiger partial charge is 0.368 e. The number of nitrogens with one attached hydrogen (secondary N) is 1. The van der Waals surface area contributed by atoms with Crippen molar-refractivity contribution in [3.63, 3.8) is 0 Å². The Morgan fingerprint density at radius 3 is 2.72 bits per heavy atom. The summed E-state index contributed by atoms with van der Waals surface area (Å²) in [4.78, 5) is 29.5. The first-order valence-electron chi connectivity index (χ1n) is 8.37. The summed E-state index contributed by atoms with van der Waals surface area (Å²) in [7, 11) is 0. The lowest BCUT2D eigenvalue weighted by molar-refractivity contribution is -0.121. The average molecular weight is 361 g/mol. The minimum absolute atomic E-state index is 0.00743. The maximum absolute atomic E-state index is 12.5. The molecule has 1 aliphatic rings. The number of aryl methyl sites for hydroxylation is 1. The third-order valence-corrected chi connectivity index (χ3v) is 4.98. The summed E-state index contributed by atoms with van der Waals surface area (Å²) in [5.74, 6) is 1.16. The van der Waals surface area contributed by atoms with Crippen LogP contribution >= 0.6 is 11.3 Å². The van der Waals surface area contributed by atoms with Crippen LogP contribution in [0.25, 0.3) is 0 Å². The van der Waals surface area contributed by atoms with Crippen LogP contribution in [0.3, 0.4) is 0 Å². The predicted octanol–water partition coefficient (Wildman–Crippen LogP) is 1.36. The van der Waals surface area contributed by atoms with Crippen molar-refractivity contribution >= 4 is 34.1 Å². The van der Waals surface area contributed by atoms with Gasteiger partial charge in [-0.25, -0.2) is 9.97 Å². The number of carbonyl (C=O) groups excluding carboxylic acids is 1. The highest BCUT2D eigenvalue weighted by molar-refractivity contribution is 7.13. The second kappa shape index (κ2) is 7.75. The van der Waals surface area contributed by atoms with Gasteiger partial charge in [0.15, 0.2) is 5.13 Å². The molecule has 25 heavy (non-hydrogen) atoms. The number of hydrogen-bond acceptors (Lipinski definition) is 8. The van der Waals surface area contributed by atoms with Gasteiger partial charge in [-0.15, -0.1) is 11.3 Å². The van der Waals surface area contributed by atoms with Gasteiger partial charge in [-0.2, -0.15) is 4.98 Å². The molecule has 1 saturated heterocycles. The van der Waals surface area contributed by atoms with E-state index in [2.05, 4.69) is 30.1 Å². The molecule has 0 unspecified atom stereocenters. The number of anilines is 3. The highest BCUT2D eigenvalue weighted by atomic mass is 32.1. The van der Waals surface area contributed by atoms with Gasteiger partial charge < -0.3 is 16.0 Å². The predicted molar refractivity (Wildman–Crippen MR) is 99.8 cm³/mol. The van der Waals surface area contributed by atoms with Gasteiger partial charge in [0, 0.05) is 49.5 Å². The molecule has 3 heterocycles. The normalized spacial score (nSPS) is 16.6. The standard InChI is InChI=1S/C16H23N7OS/c1-3-12(14(24)21-16-18-4-9-25-16)22-5-7-23(8-6-22)13-10-11(2)19-15(17)20-13/h4,9-10,12H,3,5-8H2,1-2H3,(H2,17,19,20)(H,18,21,24)/t12-/m1/s1. The molecule has 1 fully saturated rings. The highest BCUT2D eigenvalue weighted by Gasteiger charge is 2.28. The van der Waals surface area contributed by atoms with Crippen LogP contribution in [0.5, 0.6) is 0 Å². The van der Waals surface area contributed by atoms with Crippen LogP contribution in [-0.2, 0) is 4.79 Å². The van der Waals surface area contributed by atoms with Crippen molar-refractivity contribution in [2.24, 2.45) is 0 Å². The molecule has 0 aliphatic carbocycles. The number of piperazine rings is 1. The molecule has 2 aromatic heterocycles. The van der Waals surface area contributed by atoms with Gasteiger partial charge in [0.05, 0.1) is 6.04 Å². The number of amides is 1. The first kappa shape index (κ1) is 17.6. The average Bonchev–Trinajstić information content (AvgIpc) is 3.08. The second-order valence-electron chi connectivity index (χ2n) is 6.00. The molecular formula is C16H23N7OS.